The van der Waals surface area contributed by atoms with E-state index in [4.69, 9.17) is 5.73 Å². The molecule has 1 saturated heterocycles. The number of halogens is 1. The Kier molecular flexibility index (Phi) is 5.75. The van der Waals surface area contributed by atoms with Gasteiger partial charge in [-0.2, -0.15) is 0 Å². The van der Waals surface area contributed by atoms with E-state index >= 15 is 0 Å². The average molecular weight is 345 g/mol. The number of amides is 1. The van der Waals surface area contributed by atoms with Crippen LogP contribution in [0.25, 0.3) is 0 Å². The molecule has 0 aliphatic carbocycles. The van der Waals surface area contributed by atoms with Crippen LogP contribution in [0.1, 0.15) is 35.3 Å². The van der Waals surface area contributed by atoms with Crippen LogP contribution in [0.15, 0.2) is 30.5 Å². The Morgan fingerprint density at radius 1 is 1.32 bits per heavy atom. The first-order chi connectivity index (χ1) is 12.2. The van der Waals surface area contributed by atoms with Crippen molar-refractivity contribution in [1.29, 1.82) is 0 Å². The first-order valence-corrected chi connectivity index (χ1v) is 8.79. The Labute approximate surface area is 146 Å². The highest BCUT2D eigenvalue weighted by atomic mass is 19.1. The fraction of sp³-hybridized carbons (Fsp3) is 0.500. The normalized spacial score (nSPS) is 17.7. The fourth-order valence-corrected chi connectivity index (χ4v) is 3.31. The highest BCUT2D eigenvalue weighted by Gasteiger charge is 2.26. The summed E-state index contributed by atoms with van der Waals surface area (Å²) in [5.41, 5.74) is 7.01. The third-order valence-electron chi connectivity index (χ3n) is 4.68. The number of carbonyl (C=O) groups excluding carboxylic acids is 1. The van der Waals surface area contributed by atoms with E-state index in [2.05, 4.69) is 10.3 Å². The Morgan fingerprint density at radius 2 is 2.12 bits per heavy atom. The smallest absolute Gasteiger partial charge is 0.276 e. The number of nitrogens with two attached hydrogens (primary N) is 1. The number of nitrogens with zero attached hydrogens (tertiary/aromatic N) is 4. The van der Waals surface area contributed by atoms with E-state index in [-0.39, 0.29) is 11.7 Å². The summed E-state index contributed by atoms with van der Waals surface area (Å²) >= 11 is 0. The Balaban J connectivity index is 1.54. The molecule has 2 N–H and O–H groups in total. The number of aryl methyl sites for hydroxylation is 1. The third kappa shape index (κ3) is 4.63. The highest BCUT2D eigenvalue weighted by molar-refractivity contribution is 5.92. The zero-order chi connectivity index (χ0) is 17.6. The van der Waals surface area contributed by atoms with Gasteiger partial charge in [0.2, 0.25) is 0 Å². The molecule has 1 aliphatic rings. The van der Waals surface area contributed by atoms with Crippen molar-refractivity contribution in [3.8, 4) is 0 Å². The Morgan fingerprint density at radius 3 is 2.88 bits per heavy atom. The number of likely N-dealkylation sites (tertiary alicyclic amines) is 1. The van der Waals surface area contributed by atoms with Crippen LogP contribution < -0.4 is 5.73 Å². The van der Waals surface area contributed by atoms with Gasteiger partial charge in [0.1, 0.15) is 5.82 Å². The zero-order valence-electron chi connectivity index (χ0n) is 14.3. The van der Waals surface area contributed by atoms with E-state index in [1.54, 1.807) is 10.9 Å². The maximum absolute atomic E-state index is 13.0. The predicted octanol–water partition coefficient (Wildman–Crippen LogP) is 1.86. The number of aromatic nitrogens is 3. The van der Waals surface area contributed by atoms with E-state index in [1.165, 1.54) is 12.1 Å². The van der Waals surface area contributed by atoms with Gasteiger partial charge in [0.15, 0.2) is 5.69 Å². The molecule has 7 heteroatoms. The molecule has 6 nitrogen and oxygen atoms in total. The minimum absolute atomic E-state index is 0.0604. The van der Waals surface area contributed by atoms with E-state index in [0.717, 1.165) is 44.3 Å². The minimum Gasteiger partial charge on any atom is -0.337 e. The molecule has 1 aliphatic heterocycles. The lowest BCUT2D eigenvalue weighted by Gasteiger charge is -2.32. The van der Waals surface area contributed by atoms with Crippen molar-refractivity contribution >= 4 is 5.91 Å². The summed E-state index contributed by atoms with van der Waals surface area (Å²) in [5.74, 6) is 0.192. The second-order valence-corrected chi connectivity index (χ2v) is 6.58. The van der Waals surface area contributed by atoms with Crippen LogP contribution >= 0.6 is 0 Å². The summed E-state index contributed by atoms with van der Waals surface area (Å²) in [4.78, 5) is 14.5. The van der Waals surface area contributed by atoms with Crippen molar-refractivity contribution in [3.05, 3.63) is 47.5 Å². The van der Waals surface area contributed by atoms with Crippen molar-refractivity contribution < 1.29 is 9.18 Å². The van der Waals surface area contributed by atoms with Crippen molar-refractivity contribution in [1.82, 2.24) is 19.9 Å². The van der Waals surface area contributed by atoms with Crippen LogP contribution in [0.5, 0.6) is 0 Å². The molecular formula is C18H24FN5O. The van der Waals surface area contributed by atoms with Gasteiger partial charge in [0.25, 0.3) is 5.91 Å². The molecule has 2 heterocycles. The summed E-state index contributed by atoms with van der Waals surface area (Å²) in [6.07, 6.45) is 5.67. The quantitative estimate of drug-likeness (QED) is 0.867. The van der Waals surface area contributed by atoms with Gasteiger partial charge in [0, 0.05) is 19.6 Å². The molecule has 2 aromatic rings. The van der Waals surface area contributed by atoms with Gasteiger partial charge in [-0.25, -0.2) is 4.39 Å². The van der Waals surface area contributed by atoms with Gasteiger partial charge < -0.3 is 10.6 Å². The number of benzene rings is 1. The first-order valence-electron chi connectivity index (χ1n) is 8.79. The number of piperidine rings is 1. The molecule has 134 valence electrons. The number of hydrogen-bond donors (Lipinski definition) is 1. The second-order valence-electron chi connectivity index (χ2n) is 6.58. The zero-order valence-corrected chi connectivity index (χ0v) is 14.3. The van der Waals surface area contributed by atoms with Crippen molar-refractivity contribution in [2.45, 2.75) is 32.2 Å². The number of carbonyl (C=O) groups is 1. The van der Waals surface area contributed by atoms with Gasteiger partial charge in [-0.15, -0.1) is 5.10 Å². The van der Waals surface area contributed by atoms with Gasteiger partial charge >= 0.3 is 0 Å². The predicted molar refractivity (Wildman–Crippen MR) is 92.4 cm³/mol. The van der Waals surface area contributed by atoms with Crippen molar-refractivity contribution in [2.24, 2.45) is 11.7 Å². The van der Waals surface area contributed by atoms with Crippen molar-refractivity contribution in [2.75, 3.05) is 19.6 Å². The van der Waals surface area contributed by atoms with Crippen LogP contribution in [0.4, 0.5) is 4.39 Å². The summed E-state index contributed by atoms with van der Waals surface area (Å²) in [6, 6.07) is 6.65. The lowest BCUT2D eigenvalue weighted by atomic mass is 9.91. The van der Waals surface area contributed by atoms with E-state index in [1.807, 2.05) is 17.0 Å². The molecule has 1 aromatic heterocycles. The molecule has 1 fully saturated rings. The molecule has 3 rings (SSSR count). The molecular weight excluding hydrogens is 321 g/mol. The number of rotatable bonds is 6. The summed E-state index contributed by atoms with van der Waals surface area (Å²) in [6.45, 7) is 2.52. The second kappa shape index (κ2) is 8.20. The van der Waals surface area contributed by atoms with E-state index < -0.39 is 0 Å². The molecule has 0 bridgehead atoms. The van der Waals surface area contributed by atoms with Gasteiger partial charge in [-0.05, 0) is 49.3 Å². The molecule has 25 heavy (non-hydrogen) atoms. The summed E-state index contributed by atoms with van der Waals surface area (Å²) in [7, 11) is 0. The van der Waals surface area contributed by atoms with E-state index in [0.29, 0.717) is 24.7 Å². The molecule has 0 saturated carbocycles. The van der Waals surface area contributed by atoms with Gasteiger partial charge in [0.05, 0.1) is 12.7 Å². The van der Waals surface area contributed by atoms with Crippen molar-refractivity contribution in [3.63, 3.8) is 0 Å². The topological polar surface area (TPSA) is 77.0 Å². The molecule has 1 atom stereocenters. The van der Waals surface area contributed by atoms with Crippen LogP contribution in [-0.2, 0) is 13.0 Å². The average Bonchev–Trinajstić information content (AvgIpc) is 3.10. The summed E-state index contributed by atoms with van der Waals surface area (Å²) in [5, 5.41) is 7.90. The van der Waals surface area contributed by atoms with Crippen LogP contribution in [0.3, 0.4) is 0 Å². The Hall–Kier alpha value is -2.28. The third-order valence-corrected chi connectivity index (χ3v) is 4.68. The SMILES string of the molecule is NCCn1cc(C(=O)N2CCC[C@@H](CCc3ccc(F)cc3)C2)nn1. The van der Waals surface area contributed by atoms with E-state index in [9.17, 15) is 9.18 Å². The Bertz CT molecular complexity index is 700. The largest absolute Gasteiger partial charge is 0.337 e. The van der Waals surface area contributed by atoms with Gasteiger partial charge in [-0.3, -0.25) is 9.48 Å². The summed E-state index contributed by atoms with van der Waals surface area (Å²) < 4.78 is 14.6. The number of hydrogen-bond acceptors (Lipinski definition) is 4. The first kappa shape index (κ1) is 17.5. The highest BCUT2D eigenvalue weighted by Crippen LogP contribution is 2.22. The van der Waals surface area contributed by atoms with Crippen LogP contribution in [-0.4, -0.2) is 45.4 Å². The maximum Gasteiger partial charge on any atom is 0.276 e. The van der Waals surface area contributed by atoms with Crippen LogP contribution in [0.2, 0.25) is 0 Å². The molecule has 1 amide bonds. The minimum atomic E-state index is -0.208. The van der Waals surface area contributed by atoms with Gasteiger partial charge in [-0.1, -0.05) is 17.3 Å². The maximum atomic E-state index is 13.0. The molecule has 0 radical (unpaired) electrons. The molecule has 0 unspecified atom stereocenters. The standard InChI is InChI=1S/C18H24FN5O/c19-16-7-5-14(6-8-16)3-4-15-2-1-10-23(12-15)18(25)17-13-24(11-9-20)22-21-17/h5-8,13,15H,1-4,9-12,20H2/t15-/m0/s1. The molecule has 0 spiro atoms. The lowest BCUT2D eigenvalue weighted by molar-refractivity contribution is 0.0662. The monoisotopic (exact) mass is 345 g/mol. The molecule has 1 aromatic carbocycles. The van der Waals surface area contributed by atoms with Crippen LogP contribution in [0, 0.1) is 11.7 Å². The fourth-order valence-electron chi connectivity index (χ4n) is 3.31. The lowest BCUT2D eigenvalue weighted by Crippen LogP contribution is -2.40.